The van der Waals surface area contributed by atoms with Gasteiger partial charge in [0.15, 0.2) is 11.5 Å². The molecule has 31 heavy (non-hydrogen) atoms. The molecular weight excluding hydrogens is 396 g/mol. The molecule has 0 saturated heterocycles. The first kappa shape index (κ1) is 21.0. The third-order valence-electron chi connectivity index (χ3n) is 5.55. The van der Waals surface area contributed by atoms with Gasteiger partial charge in [0.1, 0.15) is 28.9 Å². The Labute approximate surface area is 180 Å². The molecule has 4 rings (SSSR count). The molecule has 2 aromatic carbocycles. The van der Waals surface area contributed by atoms with E-state index in [1.54, 1.807) is 32.2 Å². The zero-order valence-corrected chi connectivity index (χ0v) is 17.8. The molecule has 0 radical (unpaired) electrons. The average Bonchev–Trinajstić information content (AvgIpc) is 2.80. The SMILES string of the molecule is COc1ccc(-c2cc(=O)c3cc(O[C@@H](C)C(=O)OC4CCCCC4)ccc3o2)cc1. The van der Waals surface area contributed by atoms with Gasteiger partial charge in [-0.3, -0.25) is 4.79 Å². The summed E-state index contributed by atoms with van der Waals surface area (Å²) in [6, 6.07) is 13.7. The summed E-state index contributed by atoms with van der Waals surface area (Å²) in [4.78, 5) is 25.1. The summed E-state index contributed by atoms with van der Waals surface area (Å²) in [5.74, 6) is 1.24. The van der Waals surface area contributed by atoms with Crippen molar-refractivity contribution < 1.29 is 23.4 Å². The second-order valence-electron chi connectivity index (χ2n) is 7.82. The highest BCUT2D eigenvalue weighted by atomic mass is 16.6. The van der Waals surface area contributed by atoms with Gasteiger partial charge in [0.2, 0.25) is 0 Å². The minimum absolute atomic E-state index is 0.0210. The molecular formula is C25H26O6. The van der Waals surface area contributed by atoms with Gasteiger partial charge in [0, 0.05) is 11.6 Å². The molecule has 6 heteroatoms. The first-order chi connectivity index (χ1) is 15.0. The zero-order valence-electron chi connectivity index (χ0n) is 17.8. The molecule has 1 aliphatic carbocycles. The van der Waals surface area contributed by atoms with Crippen molar-refractivity contribution in [1.29, 1.82) is 0 Å². The zero-order chi connectivity index (χ0) is 21.8. The quantitative estimate of drug-likeness (QED) is 0.514. The van der Waals surface area contributed by atoms with E-state index in [4.69, 9.17) is 18.6 Å². The lowest BCUT2D eigenvalue weighted by Gasteiger charge is -2.23. The lowest BCUT2D eigenvalue weighted by atomic mass is 9.98. The molecule has 0 bridgehead atoms. The molecule has 3 aromatic rings. The van der Waals surface area contributed by atoms with Crippen LogP contribution in [-0.4, -0.2) is 25.3 Å². The van der Waals surface area contributed by atoms with E-state index < -0.39 is 6.10 Å². The fraction of sp³-hybridized carbons (Fsp3) is 0.360. The molecule has 1 aliphatic rings. The summed E-state index contributed by atoms with van der Waals surface area (Å²) >= 11 is 0. The van der Waals surface area contributed by atoms with Crippen LogP contribution in [0, 0.1) is 0 Å². The monoisotopic (exact) mass is 422 g/mol. The van der Waals surface area contributed by atoms with E-state index in [2.05, 4.69) is 0 Å². The van der Waals surface area contributed by atoms with Gasteiger partial charge in [-0.25, -0.2) is 4.79 Å². The number of carbonyl (C=O) groups is 1. The molecule has 0 unspecified atom stereocenters. The van der Waals surface area contributed by atoms with Gasteiger partial charge in [0.25, 0.3) is 0 Å². The van der Waals surface area contributed by atoms with Gasteiger partial charge < -0.3 is 18.6 Å². The number of hydrogen-bond donors (Lipinski definition) is 0. The Balaban J connectivity index is 1.50. The summed E-state index contributed by atoms with van der Waals surface area (Å²) in [7, 11) is 1.60. The molecule has 0 amide bonds. The fourth-order valence-electron chi connectivity index (χ4n) is 3.80. The van der Waals surface area contributed by atoms with E-state index in [0.717, 1.165) is 37.0 Å². The van der Waals surface area contributed by atoms with Crippen molar-refractivity contribution in [2.45, 2.75) is 51.2 Å². The minimum Gasteiger partial charge on any atom is -0.497 e. The van der Waals surface area contributed by atoms with Crippen LogP contribution in [0.5, 0.6) is 11.5 Å². The molecule has 6 nitrogen and oxygen atoms in total. The number of rotatable bonds is 6. The van der Waals surface area contributed by atoms with Crippen LogP contribution >= 0.6 is 0 Å². The van der Waals surface area contributed by atoms with Crippen LogP contribution in [-0.2, 0) is 9.53 Å². The normalized spacial score (nSPS) is 15.4. The van der Waals surface area contributed by atoms with Gasteiger partial charge in [-0.15, -0.1) is 0 Å². The maximum atomic E-state index is 12.7. The van der Waals surface area contributed by atoms with E-state index in [1.165, 1.54) is 12.5 Å². The Morgan fingerprint density at radius 1 is 1.00 bits per heavy atom. The van der Waals surface area contributed by atoms with E-state index in [-0.39, 0.29) is 17.5 Å². The number of methoxy groups -OCH3 is 1. The minimum atomic E-state index is -0.759. The summed E-state index contributed by atoms with van der Waals surface area (Å²) in [6.07, 6.45) is 4.41. The molecule has 1 heterocycles. The van der Waals surface area contributed by atoms with Crippen molar-refractivity contribution in [3.63, 3.8) is 0 Å². The van der Waals surface area contributed by atoms with Crippen molar-refractivity contribution in [3.05, 3.63) is 58.8 Å². The van der Waals surface area contributed by atoms with Crippen LogP contribution in [0.2, 0.25) is 0 Å². The van der Waals surface area contributed by atoms with Crippen LogP contribution in [0.4, 0.5) is 0 Å². The van der Waals surface area contributed by atoms with Crippen LogP contribution in [0.3, 0.4) is 0 Å². The van der Waals surface area contributed by atoms with Crippen LogP contribution < -0.4 is 14.9 Å². The summed E-state index contributed by atoms with van der Waals surface area (Å²) in [5.41, 5.74) is 1.04. The second-order valence-corrected chi connectivity index (χ2v) is 7.82. The van der Waals surface area contributed by atoms with E-state index >= 15 is 0 Å². The van der Waals surface area contributed by atoms with E-state index in [0.29, 0.717) is 22.5 Å². The topological polar surface area (TPSA) is 75.0 Å². The Kier molecular flexibility index (Phi) is 6.26. The molecule has 1 saturated carbocycles. The van der Waals surface area contributed by atoms with E-state index in [1.807, 2.05) is 24.3 Å². The van der Waals surface area contributed by atoms with Crippen molar-refractivity contribution in [2.24, 2.45) is 0 Å². The lowest BCUT2D eigenvalue weighted by Crippen LogP contribution is -2.31. The predicted octanol–water partition coefficient (Wildman–Crippen LogP) is 5.11. The molecule has 1 fully saturated rings. The average molecular weight is 422 g/mol. The number of ether oxygens (including phenoxy) is 3. The summed E-state index contributed by atoms with van der Waals surface area (Å²) < 4.78 is 22.4. The van der Waals surface area contributed by atoms with E-state index in [9.17, 15) is 9.59 Å². The maximum absolute atomic E-state index is 12.7. The largest absolute Gasteiger partial charge is 0.497 e. The smallest absolute Gasteiger partial charge is 0.347 e. The molecule has 0 N–H and O–H groups in total. The molecule has 0 aliphatic heterocycles. The number of carbonyl (C=O) groups excluding carboxylic acids is 1. The van der Waals surface area contributed by atoms with Crippen molar-refractivity contribution in [3.8, 4) is 22.8 Å². The number of hydrogen-bond acceptors (Lipinski definition) is 6. The third-order valence-corrected chi connectivity index (χ3v) is 5.55. The maximum Gasteiger partial charge on any atom is 0.347 e. The van der Waals surface area contributed by atoms with Gasteiger partial charge >= 0.3 is 5.97 Å². The lowest BCUT2D eigenvalue weighted by molar-refractivity contribution is -0.158. The summed E-state index contributed by atoms with van der Waals surface area (Å²) in [5, 5.41) is 0.391. The molecule has 162 valence electrons. The van der Waals surface area contributed by atoms with Crippen molar-refractivity contribution >= 4 is 16.9 Å². The predicted molar refractivity (Wildman–Crippen MR) is 118 cm³/mol. The third kappa shape index (κ3) is 4.90. The number of fused-ring (bicyclic) bond motifs is 1. The summed E-state index contributed by atoms with van der Waals surface area (Å²) in [6.45, 7) is 1.66. The standard InChI is InChI=1S/C25H26O6/c1-16(25(27)30-19-6-4-3-5-7-19)29-20-12-13-23-21(14-20)22(26)15-24(31-23)17-8-10-18(28-2)11-9-17/h8-16,19H,3-7H2,1-2H3/t16-/m0/s1. The second kappa shape index (κ2) is 9.25. The Morgan fingerprint density at radius 2 is 1.71 bits per heavy atom. The number of esters is 1. The Bertz CT molecular complexity index is 1110. The highest BCUT2D eigenvalue weighted by Gasteiger charge is 2.23. The number of benzene rings is 2. The molecule has 0 spiro atoms. The van der Waals surface area contributed by atoms with Crippen LogP contribution in [0.25, 0.3) is 22.3 Å². The molecule has 1 atom stereocenters. The van der Waals surface area contributed by atoms with Crippen molar-refractivity contribution in [1.82, 2.24) is 0 Å². The van der Waals surface area contributed by atoms with Gasteiger partial charge in [-0.2, -0.15) is 0 Å². The highest BCUT2D eigenvalue weighted by molar-refractivity contribution is 5.80. The van der Waals surface area contributed by atoms with Gasteiger partial charge in [0.05, 0.1) is 12.5 Å². The fourth-order valence-corrected chi connectivity index (χ4v) is 3.80. The van der Waals surface area contributed by atoms with Crippen LogP contribution in [0.15, 0.2) is 57.7 Å². The van der Waals surface area contributed by atoms with Gasteiger partial charge in [-0.05, 0) is 75.1 Å². The Morgan fingerprint density at radius 3 is 2.42 bits per heavy atom. The highest BCUT2D eigenvalue weighted by Crippen LogP contribution is 2.27. The first-order valence-corrected chi connectivity index (χ1v) is 10.6. The first-order valence-electron chi connectivity index (χ1n) is 10.6. The van der Waals surface area contributed by atoms with Gasteiger partial charge in [-0.1, -0.05) is 6.42 Å². The molecule has 1 aromatic heterocycles. The van der Waals surface area contributed by atoms with Crippen LogP contribution in [0.1, 0.15) is 39.0 Å². The Hall–Kier alpha value is -3.28. The van der Waals surface area contributed by atoms with Crippen molar-refractivity contribution in [2.75, 3.05) is 7.11 Å².